The highest BCUT2D eigenvalue weighted by Gasteiger charge is 2.29. The van der Waals surface area contributed by atoms with E-state index in [0.717, 1.165) is 32.1 Å². The Bertz CT molecular complexity index is 449. The van der Waals surface area contributed by atoms with Crippen LogP contribution in [0.15, 0.2) is 4.99 Å². The van der Waals surface area contributed by atoms with Crippen LogP contribution in [0.25, 0.3) is 0 Å². The van der Waals surface area contributed by atoms with Crippen LogP contribution in [0.4, 0.5) is 0 Å². The second-order valence-electron chi connectivity index (χ2n) is 5.87. The summed E-state index contributed by atoms with van der Waals surface area (Å²) in [5, 5.41) is 3.23. The second kappa shape index (κ2) is 8.52. The van der Waals surface area contributed by atoms with Crippen molar-refractivity contribution >= 4 is 40.0 Å². The van der Waals surface area contributed by atoms with Gasteiger partial charge in [0.1, 0.15) is 0 Å². The van der Waals surface area contributed by atoms with Gasteiger partial charge in [0.15, 0.2) is 5.96 Å². The molecule has 2 aliphatic rings. The van der Waals surface area contributed by atoms with Crippen molar-refractivity contribution in [2.75, 3.05) is 19.3 Å². The minimum Gasteiger partial charge on any atom is -0.370 e. The van der Waals surface area contributed by atoms with Crippen molar-refractivity contribution in [2.24, 2.45) is 10.7 Å². The van der Waals surface area contributed by atoms with E-state index in [4.69, 9.17) is 5.73 Å². The maximum Gasteiger partial charge on any atom is 0.211 e. The van der Waals surface area contributed by atoms with Crippen LogP contribution >= 0.6 is 24.0 Å². The molecule has 0 aromatic rings. The predicted molar refractivity (Wildman–Crippen MR) is 96.5 cm³/mol. The van der Waals surface area contributed by atoms with Gasteiger partial charge in [-0.15, -0.1) is 24.0 Å². The molecule has 1 aliphatic carbocycles. The number of hydrogen-bond acceptors (Lipinski definition) is 3. The first kappa shape index (κ1) is 19.0. The maximum absolute atomic E-state index is 11.8. The van der Waals surface area contributed by atoms with E-state index in [9.17, 15) is 8.42 Å². The van der Waals surface area contributed by atoms with E-state index < -0.39 is 10.0 Å². The molecule has 8 heteroatoms. The maximum atomic E-state index is 11.8. The third-order valence-corrected chi connectivity index (χ3v) is 5.51. The lowest BCUT2D eigenvalue weighted by Crippen LogP contribution is -2.46. The first-order valence-corrected chi connectivity index (χ1v) is 9.35. The van der Waals surface area contributed by atoms with E-state index in [0.29, 0.717) is 25.1 Å². The van der Waals surface area contributed by atoms with Crippen LogP contribution in [-0.2, 0) is 10.0 Å². The standard InChI is InChI=1S/C13H26N4O2S.HI/c1-20(18,19)17-9-5-4-8-12(17)10-15-13(14)16-11-6-2-3-7-11;/h11-12H,2-10H2,1H3,(H3,14,15,16);1H. The van der Waals surface area contributed by atoms with Gasteiger partial charge in [-0.25, -0.2) is 8.42 Å². The molecule has 1 heterocycles. The smallest absolute Gasteiger partial charge is 0.211 e. The molecular weight excluding hydrogens is 403 g/mol. The Hall–Kier alpha value is -0.0900. The molecule has 3 N–H and O–H groups in total. The Balaban J connectivity index is 0.00000220. The summed E-state index contributed by atoms with van der Waals surface area (Å²) in [5.74, 6) is 0.455. The number of piperidine rings is 1. The fourth-order valence-electron chi connectivity index (χ4n) is 3.12. The zero-order chi connectivity index (χ0) is 14.6. The van der Waals surface area contributed by atoms with Gasteiger partial charge in [0.25, 0.3) is 0 Å². The van der Waals surface area contributed by atoms with Gasteiger partial charge in [0.2, 0.25) is 10.0 Å². The molecule has 2 rings (SSSR count). The first-order chi connectivity index (χ1) is 9.47. The summed E-state index contributed by atoms with van der Waals surface area (Å²) in [7, 11) is -3.14. The molecule has 0 aromatic heterocycles. The van der Waals surface area contributed by atoms with Gasteiger partial charge in [-0.2, -0.15) is 4.31 Å². The number of guanidine groups is 1. The summed E-state index contributed by atoms with van der Waals surface area (Å²) < 4.78 is 25.1. The van der Waals surface area contributed by atoms with Crippen molar-refractivity contribution in [1.82, 2.24) is 9.62 Å². The fraction of sp³-hybridized carbons (Fsp3) is 0.923. The number of aliphatic imine (C=N–C) groups is 1. The number of nitrogens with zero attached hydrogens (tertiary/aromatic N) is 2. The largest absolute Gasteiger partial charge is 0.370 e. The Labute approximate surface area is 145 Å². The van der Waals surface area contributed by atoms with Crippen molar-refractivity contribution < 1.29 is 8.42 Å². The number of rotatable bonds is 4. The summed E-state index contributed by atoms with van der Waals surface area (Å²) in [6.45, 7) is 1.06. The molecular formula is C13H27IN4O2S. The van der Waals surface area contributed by atoms with E-state index >= 15 is 0 Å². The van der Waals surface area contributed by atoms with Crippen molar-refractivity contribution in [3.05, 3.63) is 0 Å². The number of nitrogens with one attached hydrogen (secondary N) is 1. The van der Waals surface area contributed by atoms with Crippen molar-refractivity contribution in [2.45, 2.75) is 57.0 Å². The van der Waals surface area contributed by atoms with Gasteiger partial charge in [-0.3, -0.25) is 4.99 Å². The molecule has 0 amide bonds. The van der Waals surface area contributed by atoms with Gasteiger partial charge in [-0.1, -0.05) is 19.3 Å². The number of hydrogen-bond donors (Lipinski definition) is 2. The zero-order valence-electron chi connectivity index (χ0n) is 12.6. The van der Waals surface area contributed by atoms with Crippen LogP contribution < -0.4 is 11.1 Å². The summed E-state index contributed by atoms with van der Waals surface area (Å²) in [6, 6.07) is 0.402. The average molecular weight is 430 g/mol. The highest BCUT2D eigenvalue weighted by atomic mass is 127. The predicted octanol–water partition coefficient (Wildman–Crippen LogP) is 1.27. The van der Waals surface area contributed by atoms with Crippen molar-refractivity contribution in [3.8, 4) is 0 Å². The van der Waals surface area contributed by atoms with Gasteiger partial charge >= 0.3 is 0 Å². The quantitative estimate of drug-likeness (QED) is 0.400. The number of sulfonamides is 1. The number of nitrogens with two attached hydrogens (primary N) is 1. The van der Waals surface area contributed by atoms with Crippen molar-refractivity contribution in [1.29, 1.82) is 0 Å². The molecule has 0 radical (unpaired) electrons. The molecule has 6 nitrogen and oxygen atoms in total. The zero-order valence-corrected chi connectivity index (χ0v) is 15.8. The molecule has 1 saturated heterocycles. The fourth-order valence-corrected chi connectivity index (χ4v) is 4.30. The Morgan fingerprint density at radius 3 is 2.48 bits per heavy atom. The normalized spacial score (nSPS) is 25.6. The summed E-state index contributed by atoms with van der Waals surface area (Å²) in [6.07, 6.45) is 8.92. The topological polar surface area (TPSA) is 87.8 Å². The van der Waals surface area contributed by atoms with E-state index in [1.807, 2.05) is 0 Å². The summed E-state index contributed by atoms with van der Waals surface area (Å²) in [5.41, 5.74) is 5.90. The van der Waals surface area contributed by atoms with Gasteiger partial charge < -0.3 is 11.1 Å². The minimum atomic E-state index is -3.14. The van der Waals surface area contributed by atoms with E-state index in [1.54, 1.807) is 4.31 Å². The lowest BCUT2D eigenvalue weighted by molar-refractivity contribution is 0.259. The lowest BCUT2D eigenvalue weighted by Gasteiger charge is -2.32. The highest BCUT2D eigenvalue weighted by Crippen LogP contribution is 2.20. The average Bonchev–Trinajstić information content (AvgIpc) is 2.88. The third kappa shape index (κ3) is 5.90. The molecule has 1 atom stereocenters. The Morgan fingerprint density at radius 2 is 1.86 bits per heavy atom. The van der Waals surface area contributed by atoms with Crippen molar-refractivity contribution in [3.63, 3.8) is 0 Å². The molecule has 0 aromatic carbocycles. The third-order valence-electron chi connectivity index (χ3n) is 4.18. The van der Waals surface area contributed by atoms with Crippen LogP contribution in [0.2, 0.25) is 0 Å². The van der Waals surface area contributed by atoms with Crippen LogP contribution in [-0.4, -0.2) is 50.1 Å². The lowest BCUT2D eigenvalue weighted by atomic mass is 10.1. The molecule has 1 aliphatic heterocycles. The molecule has 124 valence electrons. The van der Waals surface area contributed by atoms with Crippen LogP contribution in [0.5, 0.6) is 0 Å². The van der Waals surface area contributed by atoms with Crippen LogP contribution in [0, 0.1) is 0 Å². The molecule has 0 bridgehead atoms. The Kier molecular flexibility index (Phi) is 7.69. The molecule has 21 heavy (non-hydrogen) atoms. The van der Waals surface area contributed by atoms with Gasteiger partial charge in [0.05, 0.1) is 12.8 Å². The van der Waals surface area contributed by atoms with E-state index in [2.05, 4.69) is 10.3 Å². The van der Waals surface area contributed by atoms with E-state index in [1.165, 1.54) is 19.1 Å². The van der Waals surface area contributed by atoms with Gasteiger partial charge in [0, 0.05) is 18.6 Å². The van der Waals surface area contributed by atoms with Crippen LogP contribution in [0.1, 0.15) is 44.9 Å². The highest BCUT2D eigenvalue weighted by molar-refractivity contribution is 14.0. The summed E-state index contributed by atoms with van der Waals surface area (Å²) in [4.78, 5) is 4.35. The Morgan fingerprint density at radius 1 is 1.24 bits per heavy atom. The van der Waals surface area contributed by atoms with E-state index in [-0.39, 0.29) is 30.0 Å². The molecule has 0 spiro atoms. The molecule has 1 unspecified atom stereocenters. The minimum absolute atomic E-state index is 0. The van der Waals surface area contributed by atoms with Gasteiger partial charge in [-0.05, 0) is 25.7 Å². The van der Waals surface area contributed by atoms with Crippen LogP contribution in [0.3, 0.4) is 0 Å². The first-order valence-electron chi connectivity index (χ1n) is 7.50. The monoisotopic (exact) mass is 430 g/mol. The molecule has 1 saturated carbocycles. The second-order valence-corrected chi connectivity index (χ2v) is 7.81. The molecule has 2 fully saturated rings. The summed E-state index contributed by atoms with van der Waals surface area (Å²) >= 11 is 0. The number of halogens is 1. The SMILES string of the molecule is CS(=O)(=O)N1CCCCC1CN=C(N)NC1CCCC1.I.